The maximum atomic E-state index is 12.4. The molecule has 0 bridgehead atoms. The minimum Gasteiger partial charge on any atom is -0.497 e. The van der Waals surface area contributed by atoms with E-state index in [4.69, 9.17) is 4.74 Å². The molecule has 1 heterocycles. The van der Waals surface area contributed by atoms with Gasteiger partial charge in [-0.2, -0.15) is 0 Å². The molecule has 2 aliphatic rings. The predicted molar refractivity (Wildman–Crippen MR) is 78.9 cm³/mol. The Balaban J connectivity index is 1.93. The second-order valence-corrected chi connectivity index (χ2v) is 6.07. The van der Waals surface area contributed by atoms with E-state index in [1.54, 1.807) is 7.11 Å². The van der Waals surface area contributed by atoms with Gasteiger partial charge in [-0.15, -0.1) is 0 Å². The number of hydrogen-bond acceptors (Lipinski definition) is 3. The van der Waals surface area contributed by atoms with Gasteiger partial charge in [-0.3, -0.25) is 14.9 Å². The maximum Gasteiger partial charge on any atom is 0.230 e. The zero-order valence-electron chi connectivity index (χ0n) is 12.3. The van der Waals surface area contributed by atoms with Crippen LogP contribution in [0.1, 0.15) is 43.6 Å². The van der Waals surface area contributed by atoms with Gasteiger partial charge in [-0.1, -0.05) is 25.0 Å². The minimum atomic E-state index is -0.165. The van der Waals surface area contributed by atoms with Crippen molar-refractivity contribution >= 4 is 11.8 Å². The van der Waals surface area contributed by atoms with Crippen molar-refractivity contribution in [2.75, 3.05) is 7.11 Å². The van der Waals surface area contributed by atoms with Gasteiger partial charge in [0.1, 0.15) is 5.75 Å². The molecule has 4 heteroatoms. The summed E-state index contributed by atoms with van der Waals surface area (Å²) in [6.45, 7) is 0. The van der Waals surface area contributed by atoms with Crippen molar-refractivity contribution < 1.29 is 14.3 Å². The molecule has 1 saturated heterocycles. The van der Waals surface area contributed by atoms with E-state index in [1.165, 1.54) is 12.8 Å². The zero-order valence-corrected chi connectivity index (χ0v) is 12.3. The van der Waals surface area contributed by atoms with Crippen LogP contribution in [0.3, 0.4) is 0 Å². The number of imide groups is 1. The van der Waals surface area contributed by atoms with Crippen molar-refractivity contribution in [1.29, 1.82) is 0 Å². The minimum absolute atomic E-state index is 0.0237. The molecular weight excluding hydrogens is 266 g/mol. The van der Waals surface area contributed by atoms with E-state index < -0.39 is 0 Å². The highest BCUT2D eigenvalue weighted by Gasteiger charge is 2.42. The summed E-state index contributed by atoms with van der Waals surface area (Å²) in [7, 11) is 1.63. The molecule has 1 aliphatic heterocycles. The molecule has 0 spiro atoms. The Morgan fingerprint density at radius 2 is 1.95 bits per heavy atom. The Morgan fingerprint density at radius 1 is 1.19 bits per heavy atom. The van der Waals surface area contributed by atoms with E-state index in [0.29, 0.717) is 12.3 Å². The van der Waals surface area contributed by atoms with Gasteiger partial charge in [0.2, 0.25) is 11.8 Å². The molecule has 0 aromatic heterocycles. The standard InChI is InChI=1S/C17H21NO3/c1-21-13-8-4-7-12(9-13)14-10-15(19)18-17(20)16(14)11-5-2-3-6-11/h4,7-9,11,14,16H,2-3,5-6,10H2,1H3,(H,18,19,20). The van der Waals surface area contributed by atoms with E-state index in [0.717, 1.165) is 24.2 Å². The number of benzene rings is 1. The average Bonchev–Trinajstić information content (AvgIpc) is 3.00. The Bertz CT molecular complexity index is 549. The molecule has 112 valence electrons. The number of carbonyl (C=O) groups excluding carboxylic acids is 2. The smallest absolute Gasteiger partial charge is 0.230 e. The van der Waals surface area contributed by atoms with Crippen LogP contribution in [-0.4, -0.2) is 18.9 Å². The third-order valence-corrected chi connectivity index (χ3v) is 4.83. The van der Waals surface area contributed by atoms with E-state index >= 15 is 0 Å². The van der Waals surface area contributed by atoms with Crippen molar-refractivity contribution in [3.63, 3.8) is 0 Å². The Labute approximate surface area is 124 Å². The summed E-state index contributed by atoms with van der Waals surface area (Å²) in [4.78, 5) is 24.2. The highest BCUT2D eigenvalue weighted by molar-refractivity contribution is 6.00. The van der Waals surface area contributed by atoms with Gasteiger partial charge in [0, 0.05) is 18.3 Å². The second-order valence-electron chi connectivity index (χ2n) is 6.07. The van der Waals surface area contributed by atoms with Crippen LogP contribution in [0.4, 0.5) is 0 Å². The number of hydrogen-bond donors (Lipinski definition) is 1. The number of piperidine rings is 1. The summed E-state index contributed by atoms with van der Waals surface area (Å²) < 4.78 is 5.27. The van der Waals surface area contributed by atoms with Crippen LogP contribution in [-0.2, 0) is 9.59 Å². The van der Waals surface area contributed by atoms with E-state index in [9.17, 15) is 9.59 Å². The van der Waals surface area contributed by atoms with Gasteiger partial charge in [-0.25, -0.2) is 0 Å². The Morgan fingerprint density at radius 3 is 2.67 bits per heavy atom. The fourth-order valence-electron chi connectivity index (χ4n) is 3.84. The Kier molecular flexibility index (Phi) is 3.95. The lowest BCUT2D eigenvalue weighted by atomic mass is 9.73. The molecule has 2 atom stereocenters. The average molecular weight is 287 g/mol. The number of rotatable bonds is 3. The second kappa shape index (κ2) is 5.88. The summed E-state index contributed by atoms with van der Waals surface area (Å²) in [6.07, 6.45) is 4.94. The lowest BCUT2D eigenvalue weighted by Crippen LogP contribution is -2.47. The summed E-state index contributed by atoms with van der Waals surface area (Å²) >= 11 is 0. The highest BCUT2D eigenvalue weighted by atomic mass is 16.5. The van der Waals surface area contributed by atoms with Crippen LogP contribution >= 0.6 is 0 Å². The summed E-state index contributed by atoms with van der Waals surface area (Å²) in [6, 6.07) is 7.77. The molecule has 2 fully saturated rings. The number of carbonyl (C=O) groups is 2. The zero-order chi connectivity index (χ0) is 14.8. The first-order valence-electron chi connectivity index (χ1n) is 7.66. The predicted octanol–water partition coefficient (Wildman–Crippen LogP) is 2.63. The summed E-state index contributed by atoms with van der Waals surface area (Å²) in [5.41, 5.74) is 1.04. The van der Waals surface area contributed by atoms with Crippen LogP contribution in [0, 0.1) is 11.8 Å². The summed E-state index contributed by atoms with van der Waals surface area (Å²) in [5.74, 6) is 0.806. The van der Waals surface area contributed by atoms with E-state index in [-0.39, 0.29) is 23.7 Å². The molecule has 21 heavy (non-hydrogen) atoms. The molecule has 1 aromatic carbocycles. The van der Waals surface area contributed by atoms with Gasteiger partial charge in [-0.05, 0) is 36.5 Å². The number of methoxy groups -OCH3 is 1. The van der Waals surface area contributed by atoms with Crippen LogP contribution in [0.2, 0.25) is 0 Å². The fraction of sp³-hybridized carbons (Fsp3) is 0.529. The van der Waals surface area contributed by atoms with Gasteiger partial charge in [0.15, 0.2) is 0 Å². The largest absolute Gasteiger partial charge is 0.497 e. The Hall–Kier alpha value is -1.84. The van der Waals surface area contributed by atoms with E-state index in [2.05, 4.69) is 5.32 Å². The fourth-order valence-corrected chi connectivity index (χ4v) is 3.84. The van der Waals surface area contributed by atoms with Crippen molar-refractivity contribution in [2.24, 2.45) is 11.8 Å². The monoisotopic (exact) mass is 287 g/mol. The molecule has 1 saturated carbocycles. The third kappa shape index (κ3) is 2.80. The maximum absolute atomic E-state index is 12.4. The van der Waals surface area contributed by atoms with Crippen LogP contribution in [0.5, 0.6) is 5.75 Å². The van der Waals surface area contributed by atoms with Crippen molar-refractivity contribution in [2.45, 2.75) is 38.0 Å². The molecule has 1 aliphatic carbocycles. The number of nitrogens with one attached hydrogen (secondary N) is 1. The van der Waals surface area contributed by atoms with Crippen molar-refractivity contribution in [3.8, 4) is 5.75 Å². The lowest BCUT2D eigenvalue weighted by molar-refractivity contribution is -0.138. The van der Waals surface area contributed by atoms with Gasteiger partial charge in [0.05, 0.1) is 7.11 Å². The molecular formula is C17H21NO3. The SMILES string of the molecule is COc1cccc(C2CC(=O)NC(=O)C2C2CCCC2)c1. The molecule has 1 N–H and O–H groups in total. The van der Waals surface area contributed by atoms with Gasteiger partial charge in [0.25, 0.3) is 0 Å². The molecule has 3 rings (SSSR count). The van der Waals surface area contributed by atoms with Crippen molar-refractivity contribution in [3.05, 3.63) is 29.8 Å². The lowest BCUT2D eigenvalue weighted by Gasteiger charge is -2.34. The van der Waals surface area contributed by atoms with Gasteiger partial charge >= 0.3 is 0 Å². The highest BCUT2D eigenvalue weighted by Crippen LogP contribution is 2.43. The van der Waals surface area contributed by atoms with Crippen LogP contribution < -0.4 is 10.1 Å². The first-order valence-corrected chi connectivity index (χ1v) is 7.66. The van der Waals surface area contributed by atoms with Crippen LogP contribution in [0.25, 0.3) is 0 Å². The first kappa shape index (κ1) is 14.1. The third-order valence-electron chi connectivity index (χ3n) is 4.83. The molecule has 0 radical (unpaired) electrons. The normalized spacial score (nSPS) is 26.7. The quantitative estimate of drug-likeness (QED) is 0.869. The number of amides is 2. The van der Waals surface area contributed by atoms with Crippen molar-refractivity contribution in [1.82, 2.24) is 5.32 Å². The first-order chi connectivity index (χ1) is 10.2. The number of ether oxygens (including phenoxy) is 1. The van der Waals surface area contributed by atoms with E-state index in [1.807, 2.05) is 24.3 Å². The van der Waals surface area contributed by atoms with Gasteiger partial charge < -0.3 is 4.74 Å². The molecule has 2 unspecified atom stereocenters. The molecule has 1 aromatic rings. The topological polar surface area (TPSA) is 55.4 Å². The molecule has 4 nitrogen and oxygen atoms in total. The summed E-state index contributed by atoms with van der Waals surface area (Å²) in [5, 5.41) is 2.53. The molecule has 2 amide bonds. The van der Waals surface area contributed by atoms with Crippen LogP contribution in [0.15, 0.2) is 24.3 Å².